The van der Waals surface area contributed by atoms with E-state index in [2.05, 4.69) is 15.7 Å². The van der Waals surface area contributed by atoms with Crippen LogP contribution in [-0.2, 0) is 4.79 Å². The molecule has 0 unspecified atom stereocenters. The summed E-state index contributed by atoms with van der Waals surface area (Å²) in [6, 6.07) is 13.0. The van der Waals surface area contributed by atoms with Gasteiger partial charge in [-0.2, -0.15) is 5.10 Å². The van der Waals surface area contributed by atoms with Crippen molar-refractivity contribution in [2.24, 2.45) is 0 Å². The number of nitrogens with zero attached hydrogens (tertiary/aromatic N) is 2. The quantitative estimate of drug-likeness (QED) is 0.674. The van der Waals surface area contributed by atoms with E-state index in [1.165, 1.54) is 6.07 Å². The second-order valence-corrected chi connectivity index (χ2v) is 6.74. The van der Waals surface area contributed by atoms with Crippen molar-refractivity contribution in [2.75, 3.05) is 11.9 Å². The lowest BCUT2D eigenvalue weighted by Crippen LogP contribution is -2.30. The van der Waals surface area contributed by atoms with Crippen LogP contribution in [0.3, 0.4) is 0 Å². The summed E-state index contributed by atoms with van der Waals surface area (Å²) in [6.45, 7) is 5.64. The molecule has 28 heavy (non-hydrogen) atoms. The van der Waals surface area contributed by atoms with E-state index in [0.717, 1.165) is 29.1 Å². The van der Waals surface area contributed by atoms with Crippen LogP contribution >= 0.6 is 0 Å². The van der Waals surface area contributed by atoms with E-state index < -0.39 is 11.6 Å². The molecular formula is C21H22F2N4O. The average Bonchev–Trinajstić information content (AvgIpc) is 3.02. The maximum atomic E-state index is 13.4. The van der Waals surface area contributed by atoms with Gasteiger partial charge in [0.1, 0.15) is 5.82 Å². The van der Waals surface area contributed by atoms with Crippen LogP contribution in [0.1, 0.15) is 29.8 Å². The van der Waals surface area contributed by atoms with Gasteiger partial charge in [0.2, 0.25) is 5.91 Å². The molecule has 0 aliphatic carbocycles. The summed E-state index contributed by atoms with van der Waals surface area (Å²) in [5, 5.41) is 10.3. The van der Waals surface area contributed by atoms with E-state index in [0.29, 0.717) is 11.4 Å². The van der Waals surface area contributed by atoms with Crippen molar-refractivity contribution in [3.8, 4) is 5.69 Å². The molecule has 0 fully saturated rings. The van der Waals surface area contributed by atoms with Gasteiger partial charge in [-0.25, -0.2) is 13.5 Å². The van der Waals surface area contributed by atoms with Crippen LogP contribution in [0.15, 0.2) is 48.5 Å². The lowest BCUT2D eigenvalue weighted by Gasteiger charge is -2.15. The lowest BCUT2D eigenvalue weighted by molar-refractivity contribution is -0.115. The van der Waals surface area contributed by atoms with Crippen molar-refractivity contribution in [3.05, 3.63) is 77.0 Å². The number of amides is 1. The number of hydrogen-bond donors (Lipinski definition) is 2. The molecule has 0 saturated heterocycles. The molecule has 2 aromatic carbocycles. The van der Waals surface area contributed by atoms with Gasteiger partial charge in [-0.3, -0.25) is 4.79 Å². The first-order chi connectivity index (χ1) is 13.3. The Bertz CT molecular complexity index is 983. The number of nitrogens with one attached hydrogen (secondary N) is 2. The fourth-order valence-corrected chi connectivity index (χ4v) is 2.80. The average molecular weight is 384 g/mol. The zero-order chi connectivity index (χ0) is 20.3. The minimum Gasteiger partial charge on any atom is -0.309 e. The number of anilines is 1. The van der Waals surface area contributed by atoms with Crippen molar-refractivity contribution >= 4 is 11.7 Å². The third-order valence-electron chi connectivity index (χ3n) is 4.39. The van der Waals surface area contributed by atoms with Crippen LogP contribution < -0.4 is 10.6 Å². The van der Waals surface area contributed by atoms with Crippen LogP contribution in [0.25, 0.3) is 5.69 Å². The summed E-state index contributed by atoms with van der Waals surface area (Å²) < 4.78 is 28.1. The number of hydrogen-bond acceptors (Lipinski definition) is 3. The van der Waals surface area contributed by atoms with Crippen molar-refractivity contribution in [1.82, 2.24) is 15.1 Å². The molecule has 3 rings (SSSR count). The topological polar surface area (TPSA) is 59.0 Å². The molecule has 1 atom stereocenters. The van der Waals surface area contributed by atoms with Crippen LogP contribution in [0.5, 0.6) is 0 Å². The van der Waals surface area contributed by atoms with Gasteiger partial charge >= 0.3 is 0 Å². The third kappa shape index (κ3) is 4.61. The molecule has 0 aliphatic heterocycles. The highest BCUT2D eigenvalue weighted by Gasteiger charge is 2.13. The molecule has 1 aromatic heterocycles. The highest BCUT2D eigenvalue weighted by Crippen LogP contribution is 2.18. The first kappa shape index (κ1) is 19.7. The summed E-state index contributed by atoms with van der Waals surface area (Å²) in [6.07, 6.45) is 0. The van der Waals surface area contributed by atoms with Crippen LogP contribution in [0.4, 0.5) is 14.6 Å². The molecule has 0 saturated carbocycles. The molecule has 5 nitrogen and oxygen atoms in total. The maximum absolute atomic E-state index is 13.4. The molecule has 1 amide bonds. The zero-order valence-electron chi connectivity index (χ0n) is 16.0. The Morgan fingerprint density at radius 3 is 2.46 bits per heavy atom. The summed E-state index contributed by atoms with van der Waals surface area (Å²) >= 11 is 0. The van der Waals surface area contributed by atoms with Gasteiger partial charge in [0.25, 0.3) is 0 Å². The second kappa shape index (κ2) is 8.31. The summed E-state index contributed by atoms with van der Waals surface area (Å²) in [4.78, 5) is 12.4. The van der Waals surface area contributed by atoms with Gasteiger partial charge in [0.05, 0.1) is 17.9 Å². The smallest absolute Gasteiger partial charge is 0.239 e. The number of benzene rings is 2. The fourth-order valence-electron chi connectivity index (χ4n) is 2.80. The van der Waals surface area contributed by atoms with E-state index in [9.17, 15) is 13.6 Å². The number of carbonyl (C=O) groups is 1. The fraction of sp³-hybridized carbons (Fsp3) is 0.238. The Morgan fingerprint density at radius 1 is 1.07 bits per heavy atom. The van der Waals surface area contributed by atoms with E-state index in [1.54, 1.807) is 17.7 Å². The molecule has 7 heteroatoms. The third-order valence-corrected chi connectivity index (χ3v) is 4.39. The Kier molecular flexibility index (Phi) is 5.84. The first-order valence-electron chi connectivity index (χ1n) is 8.95. The predicted molar refractivity (Wildman–Crippen MR) is 104 cm³/mol. The second-order valence-electron chi connectivity index (χ2n) is 6.74. The summed E-state index contributed by atoms with van der Waals surface area (Å²) in [5.41, 5.74) is 3.32. The van der Waals surface area contributed by atoms with Gasteiger partial charge in [0.15, 0.2) is 11.6 Å². The van der Waals surface area contributed by atoms with E-state index in [-0.39, 0.29) is 18.5 Å². The standard InChI is InChI=1S/C21H22F2N4O/c1-13-4-7-17(8-5-13)27-20(10-14(2)26-27)25-21(28)12-24-15(3)16-6-9-18(22)19(23)11-16/h4-11,15,24H,12H2,1-3H3,(H,25,28)/t15-/m1/s1. The van der Waals surface area contributed by atoms with Gasteiger partial charge in [-0.15, -0.1) is 0 Å². The van der Waals surface area contributed by atoms with Crippen LogP contribution in [0, 0.1) is 25.5 Å². The summed E-state index contributed by atoms with van der Waals surface area (Å²) in [7, 11) is 0. The summed E-state index contributed by atoms with van der Waals surface area (Å²) in [5.74, 6) is -1.50. The zero-order valence-corrected chi connectivity index (χ0v) is 16.0. The number of rotatable bonds is 6. The van der Waals surface area contributed by atoms with Gasteiger partial charge < -0.3 is 10.6 Å². The highest BCUT2D eigenvalue weighted by atomic mass is 19.2. The van der Waals surface area contributed by atoms with E-state index in [4.69, 9.17) is 0 Å². The monoisotopic (exact) mass is 384 g/mol. The van der Waals surface area contributed by atoms with Crippen molar-refractivity contribution < 1.29 is 13.6 Å². The molecule has 0 aliphatic rings. The normalized spacial score (nSPS) is 12.0. The van der Waals surface area contributed by atoms with Crippen molar-refractivity contribution in [2.45, 2.75) is 26.8 Å². The lowest BCUT2D eigenvalue weighted by atomic mass is 10.1. The SMILES string of the molecule is Cc1ccc(-n2nc(C)cc2NC(=O)CN[C@H](C)c2ccc(F)c(F)c2)cc1. The van der Waals surface area contributed by atoms with Crippen LogP contribution in [0.2, 0.25) is 0 Å². The number of carbonyl (C=O) groups excluding carboxylic acids is 1. The highest BCUT2D eigenvalue weighted by molar-refractivity contribution is 5.91. The van der Waals surface area contributed by atoms with Crippen LogP contribution in [-0.4, -0.2) is 22.2 Å². The molecular weight excluding hydrogens is 362 g/mol. The molecule has 2 N–H and O–H groups in total. The first-order valence-corrected chi connectivity index (χ1v) is 8.95. The Morgan fingerprint density at radius 2 is 1.79 bits per heavy atom. The number of aryl methyl sites for hydroxylation is 2. The molecule has 0 radical (unpaired) electrons. The van der Waals surface area contributed by atoms with E-state index >= 15 is 0 Å². The molecule has 1 heterocycles. The molecule has 3 aromatic rings. The Hall–Kier alpha value is -3.06. The number of halogens is 2. The Labute approximate surface area is 162 Å². The van der Waals surface area contributed by atoms with Crippen molar-refractivity contribution in [1.29, 1.82) is 0 Å². The number of aromatic nitrogens is 2. The van der Waals surface area contributed by atoms with Gasteiger partial charge in [-0.1, -0.05) is 23.8 Å². The molecule has 146 valence electrons. The van der Waals surface area contributed by atoms with Crippen molar-refractivity contribution in [3.63, 3.8) is 0 Å². The maximum Gasteiger partial charge on any atom is 0.239 e. The Balaban J connectivity index is 1.65. The largest absolute Gasteiger partial charge is 0.309 e. The molecule has 0 spiro atoms. The van der Waals surface area contributed by atoms with E-state index in [1.807, 2.05) is 38.1 Å². The minimum absolute atomic E-state index is 0.0122. The minimum atomic E-state index is -0.909. The molecule has 0 bridgehead atoms. The van der Waals surface area contributed by atoms with Gasteiger partial charge in [-0.05, 0) is 50.6 Å². The van der Waals surface area contributed by atoms with Gasteiger partial charge in [0, 0.05) is 12.1 Å². The predicted octanol–water partition coefficient (Wildman–Crippen LogP) is 4.06.